The number of rotatable bonds is 3. The molecule has 0 unspecified atom stereocenters. The fourth-order valence-corrected chi connectivity index (χ4v) is 2.19. The summed E-state index contributed by atoms with van der Waals surface area (Å²) in [5.74, 6) is -0.297. The lowest BCUT2D eigenvalue weighted by Gasteiger charge is -2.08. The predicted octanol–water partition coefficient (Wildman–Crippen LogP) is 3.22. The number of hydrogen-bond acceptors (Lipinski definition) is 3. The number of aromatic nitrogens is 1. The summed E-state index contributed by atoms with van der Waals surface area (Å²) >= 11 is 3.38. The molecule has 0 amide bonds. The van der Waals surface area contributed by atoms with Crippen molar-refractivity contribution in [1.29, 1.82) is 0 Å². The SMILES string of the molecule is COc1ccc(-c2ccncc2C(=O)O)cc1Br. The van der Waals surface area contributed by atoms with Gasteiger partial charge in [-0.25, -0.2) is 4.79 Å². The summed E-state index contributed by atoms with van der Waals surface area (Å²) in [6.07, 6.45) is 2.91. The number of pyridine rings is 1. The first-order chi connectivity index (χ1) is 8.63. The molecule has 0 radical (unpaired) electrons. The number of halogens is 1. The van der Waals surface area contributed by atoms with Crippen LogP contribution in [0.1, 0.15) is 10.4 Å². The van der Waals surface area contributed by atoms with E-state index >= 15 is 0 Å². The molecule has 0 aliphatic carbocycles. The average Bonchev–Trinajstić information content (AvgIpc) is 2.38. The highest BCUT2D eigenvalue weighted by atomic mass is 79.9. The summed E-state index contributed by atoms with van der Waals surface area (Å²) in [6.45, 7) is 0. The Labute approximate surface area is 112 Å². The monoisotopic (exact) mass is 307 g/mol. The minimum absolute atomic E-state index is 0.176. The van der Waals surface area contributed by atoms with E-state index in [-0.39, 0.29) is 5.56 Å². The average molecular weight is 308 g/mol. The summed E-state index contributed by atoms with van der Waals surface area (Å²) in [4.78, 5) is 15.0. The molecule has 2 rings (SSSR count). The van der Waals surface area contributed by atoms with Crippen LogP contribution in [0.15, 0.2) is 41.1 Å². The van der Waals surface area contributed by atoms with E-state index in [1.165, 1.54) is 6.20 Å². The lowest BCUT2D eigenvalue weighted by Crippen LogP contribution is -2.00. The fraction of sp³-hybridized carbons (Fsp3) is 0.0769. The number of carbonyl (C=O) groups is 1. The molecule has 4 nitrogen and oxygen atoms in total. The third kappa shape index (κ3) is 2.36. The second kappa shape index (κ2) is 5.18. The van der Waals surface area contributed by atoms with Gasteiger partial charge in [0.15, 0.2) is 0 Å². The van der Waals surface area contributed by atoms with Gasteiger partial charge >= 0.3 is 5.97 Å². The summed E-state index contributed by atoms with van der Waals surface area (Å²) in [5.41, 5.74) is 1.60. The molecular weight excluding hydrogens is 298 g/mol. The van der Waals surface area contributed by atoms with Crippen molar-refractivity contribution in [2.75, 3.05) is 7.11 Å². The highest BCUT2D eigenvalue weighted by Crippen LogP contribution is 2.31. The van der Waals surface area contributed by atoms with Gasteiger partial charge in [-0.05, 0) is 45.3 Å². The first-order valence-electron chi connectivity index (χ1n) is 5.14. The van der Waals surface area contributed by atoms with Gasteiger partial charge in [-0.1, -0.05) is 6.07 Å². The van der Waals surface area contributed by atoms with Crippen molar-refractivity contribution >= 4 is 21.9 Å². The minimum Gasteiger partial charge on any atom is -0.496 e. The van der Waals surface area contributed by atoms with Crippen LogP contribution in [0.3, 0.4) is 0 Å². The van der Waals surface area contributed by atoms with Gasteiger partial charge < -0.3 is 9.84 Å². The Bertz CT molecular complexity index is 599. The lowest BCUT2D eigenvalue weighted by molar-refractivity contribution is 0.0697. The van der Waals surface area contributed by atoms with Gasteiger partial charge in [0.2, 0.25) is 0 Å². The third-order valence-electron chi connectivity index (χ3n) is 2.51. The number of aromatic carboxylic acids is 1. The molecular formula is C13H10BrNO3. The van der Waals surface area contributed by atoms with E-state index in [9.17, 15) is 4.79 Å². The number of ether oxygens (including phenoxy) is 1. The molecule has 0 saturated carbocycles. The Morgan fingerprint density at radius 3 is 2.78 bits per heavy atom. The number of hydrogen-bond donors (Lipinski definition) is 1. The Morgan fingerprint density at radius 1 is 1.39 bits per heavy atom. The van der Waals surface area contributed by atoms with Crippen molar-refractivity contribution in [2.45, 2.75) is 0 Å². The normalized spacial score (nSPS) is 10.1. The molecule has 0 aliphatic heterocycles. The largest absolute Gasteiger partial charge is 0.496 e. The van der Waals surface area contributed by atoms with Gasteiger partial charge in [0.05, 0.1) is 17.1 Å². The van der Waals surface area contributed by atoms with Gasteiger partial charge in [0, 0.05) is 12.4 Å². The third-order valence-corrected chi connectivity index (χ3v) is 3.13. The second-order valence-corrected chi connectivity index (χ2v) is 4.43. The molecule has 0 aliphatic rings. The Morgan fingerprint density at radius 2 is 2.17 bits per heavy atom. The molecule has 1 aromatic heterocycles. The predicted molar refractivity (Wildman–Crippen MR) is 70.9 cm³/mol. The number of benzene rings is 1. The number of carboxylic acids is 1. The molecule has 0 atom stereocenters. The maximum atomic E-state index is 11.1. The molecule has 0 fully saturated rings. The van der Waals surface area contributed by atoms with Crippen molar-refractivity contribution in [3.8, 4) is 16.9 Å². The van der Waals surface area contributed by atoms with E-state index in [1.54, 1.807) is 25.4 Å². The van der Waals surface area contributed by atoms with Crippen LogP contribution in [0.25, 0.3) is 11.1 Å². The van der Waals surface area contributed by atoms with Crippen molar-refractivity contribution in [3.05, 3.63) is 46.7 Å². The Kier molecular flexibility index (Phi) is 3.62. The maximum absolute atomic E-state index is 11.1. The Balaban J connectivity index is 2.55. The smallest absolute Gasteiger partial charge is 0.337 e. The number of carboxylic acid groups (broad SMARTS) is 1. The molecule has 0 saturated heterocycles. The molecule has 0 bridgehead atoms. The lowest BCUT2D eigenvalue weighted by atomic mass is 10.0. The molecule has 1 aromatic carbocycles. The quantitative estimate of drug-likeness (QED) is 0.946. The first kappa shape index (κ1) is 12.6. The first-order valence-corrected chi connectivity index (χ1v) is 5.94. The molecule has 18 heavy (non-hydrogen) atoms. The van der Waals surface area contributed by atoms with E-state index in [1.807, 2.05) is 12.1 Å². The van der Waals surface area contributed by atoms with Crippen LogP contribution in [0, 0.1) is 0 Å². The van der Waals surface area contributed by atoms with Gasteiger partial charge in [-0.2, -0.15) is 0 Å². The maximum Gasteiger partial charge on any atom is 0.337 e. The van der Waals surface area contributed by atoms with Crippen LogP contribution < -0.4 is 4.74 Å². The standard InChI is InChI=1S/C13H10BrNO3/c1-18-12-3-2-8(6-11(12)14)9-4-5-15-7-10(9)13(16)17/h2-7H,1H3,(H,16,17). The molecule has 92 valence electrons. The zero-order valence-corrected chi connectivity index (χ0v) is 11.1. The van der Waals surface area contributed by atoms with E-state index in [0.29, 0.717) is 11.3 Å². The van der Waals surface area contributed by atoms with Gasteiger partial charge in [-0.3, -0.25) is 4.98 Å². The van der Waals surface area contributed by atoms with Gasteiger partial charge in [0.1, 0.15) is 5.75 Å². The number of methoxy groups -OCH3 is 1. The van der Waals surface area contributed by atoms with Crippen LogP contribution in [0.5, 0.6) is 5.75 Å². The van der Waals surface area contributed by atoms with E-state index in [4.69, 9.17) is 9.84 Å². The fourth-order valence-electron chi connectivity index (χ4n) is 1.65. The van der Waals surface area contributed by atoms with Crippen LogP contribution in [-0.4, -0.2) is 23.2 Å². The highest BCUT2D eigenvalue weighted by molar-refractivity contribution is 9.10. The molecule has 5 heteroatoms. The van der Waals surface area contributed by atoms with Crippen LogP contribution in [0.2, 0.25) is 0 Å². The van der Waals surface area contributed by atoms with Crippen molar-refractivity contribution < 1.29 is 14.6 Å². The van der Waals surface area contributed by atoms with Gasteiger partial charge in [-0.15, -0.1) is 0 Å². The van der Waals surface area contributed by atoms with E-state index in [0.717, 1.165) is 10.0 Å². The Hall–Kier alpha value is -1.88. The molecule has 2 aromatic rings. The molecule has 1 heterocycles. The van der Waals surface area contributed by atoms with Crippen LogP contribution >= 0.6 is 15.9 Å². The summed E-state index contributed by atoms with van der Waals surface area (Å²) in [5, 5.41) is 9.12. The topological polar surface area (TPSA) is 59.4 Å². The van der Waals surface area contributed by atoms with Crippen LogP contribution in [0.4, 0.5) is 0 Å². The molecule has 0 spiro atoms. The second-order valence-electron chi connectivity index (χ2n) is 3.58. The summed E-state index contributed by atoms with van der Waals surface area (Å²) in [7, 11) is 1.58. The van der Waals surface area contributed by atoms with Crippen molar-refractivity contribution in [2.24, 2.45) is 0 Å². The zero-order valence-electron chi connectivity index (χ0n) is 9.55. The highest BCUT2D eigenvalue weighted by Gasteiger charge is 2.12. The van der Waals surface area contributed by atoms with Crippen molar-refractivity contribution in [3.63, 3.8) is 0 Å². The minimum atomic E-state index is -0.995. The van der Waals surface area contributed by atoms with E-state index < -0.39 is 5.97 Å². The van der Waals surface area contributed by atoms with Crippen LogP contribution in [-0.2, 0) is 0 Å². The van der Waals surface area contributed by atoms with Gasteiger partial charge in [0.25, 0.3) is 0 Å². The zero-order chi connectivity index (χ0) is 13.1. The van der Waals surface area contributed by atoms with E-state index in [2.05, 4.69) is 20.9 Å². The summed E-state index contributed by atoms with van der Waals surface area (Å²) < 4.78 is 5.91. The van der Waals surface area contributed by atoms with Crippen molar-refractivity contribution in [1.82, 2.24) is 4.98 Å². The summed E-state index contributed by atoms with van der Waals surface area (Å²) in [6, 6.07) is 7.09. The molecule has 1 N–H and O–H groups in total. The number of nitrogens with zero attached hydrogens (tertiary/aromatic N) is 1.